The Kier molecular flexibility index (Phi) is 20.8. The second-order valence-electron chi connectivity index (χ2n) is 22.8. The van der Waals surface area contributed by atoms with Crippen molar-refractivity contribution in [1.82, 2.24) is 5.32 Å². The topological polar surface area (TPSA) is 128 Å². The summed E-state index contributed by atoms with van der Waals surface area (Å²) in [6, 6.07) is 1.80. The van der Waals surface area contributed by atoms with Gasteiger partial charge in [0.2, 0.25) is 0 Å². The number of hydrogen-bond donors (Lipinski definition) is 1. The second kappa shape index (κ2) is 21.9. The zero-order chi connectivity index (χ0) is 45.1. The van der Waals surface area contributed by atoms with E-state index in [0.717, 1.165) is 63.1 Å². The molecule has 1 aliphatic carbocycles. The van der Waals surface area contributed by atoms with Crippen LogP contribution >= 0.6 is 0 Å². The molecule has 0 spiro atoms. The van der Waals surface area contributed by atoms with E-state index in [1.807, 2.05) is 0 Å². The fraction of sp³-hybridized carbons (Fsp3) is 0.878. The monoisotopic (exact) mass is 921 g/mol. The molecule has 1 aliphatic rings. The Hall–Kier alpha value is -0.909. The summed E-state index contributed by atoms with van der Waals surface area (Å²) in [7, 11) is -12.2. The van der Waals surface area contributed by atoms with Crippen LogP contribution in [-0.2, 0) is 40.3 Å². The lowest BCUT2D eigenvalue weighted by Crippen LogP contribution is -2.52. The van der Waals surface area contributed by atoms with Gasteiger partial charge in [-0.3, -0.25) is 4.79 Å². The highest BCUT2D eigenvalue weighted by Gasteiger charge is 2.44. The van der Waals surface area contributed by atoms with Gasteiger partial charge in [0.1, 0.15) is 13.2 Å². The van der Waals surface area contributed by atoms with Crippen LogP contribution in [0.3, 0.4) is 0 Å². The average molecular weight is 923 g/mol. The summed E-state index contributed by atoms with van der Waals surface area (Å²) in [4.78, 5) is 37.5. The number of ether oxygens (including phenoxy) is 3. The normalized spacial score (nSPS) is 19.7. The zero-order valence-electron chi connectivity index (χ0n) is 40.3. The summed E-state index contributed by atoms with van der Waals surface area (Å²) in [6.45, 7) is 44.4. The third-order valence-corrected chi connectivity index (χ3v) is 29.1. The Morgan fingerprint density at radius 1 is 0.690 bits per heavy atom. The third kappa shape index (κ3) is 25.1. The average Bonchev–Trinajstić information content (AvgIpc) is 2.96. The number of hydrogen-bond acceptors (Lipinski definition) is 10. The predicted molar refractivity (Wildman–Crippen MR) is 252 cm³/mol. The van der Waals surface area contributed by atoms with Crippen LogP contribution in [0.1, 0.15) is 79.1 Å². The van der Waals surface area contributed by atoms with Gasteiger partial charge in [0.25, 0.3) is 0 Å². The van der Waals surface area contributed by atoms with Crippen molar-refractivity contribution in [1.29, 1.82) is 0 Å². The number of rotatable bonds is 26. The van der Waals surface area contributed by atoms with E-state index in [4.69, 9.17) is 30.7 Å². The molecule has 0 radical (unpaired) electrons. The SMILES string of the molecule is C=CC(=O)OCCOC(=O)CC1CC(C)(C)CC(C)(CNC(=O)OCC(C)(CCC[Si](C)(O[Si](C)(C)C)O[Si](C)(C)C)CCC[Si](C)(O[Si](C)(C)C)O[Si](C)(C)C)C1. The van der Waals surface area contributed by atoms with E-state index in [9.17, 15) is 14.4 Å². The number of esters is 2. The molecule has 17 heteroatoms. The first kappa shape index (κ1) is 55.1. The molecule has 1 amide bonds. The minimum Gasteiger partial charge on any atom is -0.462 e. The first-order valence-electron chi connectivity index (χ1n) is 21.6. The number of amides is 1. The second-order valence-corrected chi connectivity index (χ2v) is 48.5. The van der Waals surface area contributed by atoms with Crippen LogP contribution in [-0.4, -0.2) is 94.8 Å². The molecule has 0 aromatic heterocycles. The quantitative estimate of drug-likeness (QED) is 0.0294. The van der Waals surface area contributed by atoms with Crippen LogP contribution in [0.4, 0.5) is 4.79 Å². The van der Waals surface area contributed by atoms with Crippen molar-refractivity contribution in [3.8, 4) is 0 Å². The molecule has 0 saturated heterocycles. The van der Waals surface area contributed by atoms with Gasteiger partial charge in [0, 0.05) is 24.5 Å². The molecule has 2 unspecified atom stereocenters. The zero-order valence-corrected chi connectivity index (χ0v) is 46.3. The van der Waals surface area contributed by atoms with E-state index in [0.29, 0.717) is 13.2 Å². The van der Waals surface area contributed by atoms with E-state index in [2.05, 4.69) is 131 Å². The van der Waals surface area contributed by atoms with Gasteiger partial charge in [0.05, 0.1) is 6.61 Å². The highest BCUT2D eigenvalue weighted by Crippen LogP contribution is 2.49. The number of carbonyl (C=O) groups is 3. The van der Waals surface area contributed by atoms with Crippen molar-refractivity contribution < 1.29 is 45.1 Å². The van der Waals surface area contributed by atoms with Crippen molar-refractivity contribution >= 4 is 68.4 Å². The fourth-order valence-corrected chi connectivity index (χ4v) is 34.2. The molecule has 0 aliphatic heterocycles. The Labute approximate surface area is 361 Å². The van der Waals surface area contributed by atoms with Crippen LogP contribution in [0.2, 0.25) is 104 Å². The van der Waals surface area contributed by atoms with Gasteiger partial charge in [-0.1, -0.05) is 47.1 Å². The van der Waals surface area contributed by atoms with Crippen LogP contribution < -0.4 is 5.32 Å². The molecule has 0 heterocycles. The van der Waals surface area contributed by atoms with Crippen molar-refractivity contribution in [2.75, 3.05) is 26.4 Å². The summed E-state index contributed by atoms with van der Waals surface area (Å²) < 4.78 is 43.8. The predicted octanol–water partition coefficient (Wildman–Crippen LogP) is 11.3. The molecule has 0 aromatic carbocycles. The maximum Gasteiger partial charge on any atom is 0.407 e. The van der Waals surface area contributed by atoms with Crippen LogP contribution in [0.5, 0.6) is 0 Å². The summed E-state index contributed by atoms with van der Waals surface area (Å²) >= 11 is 0. The van der Waals surface area contributed by atoms with Crippen molar-refractivity contribution in [2.24, 2.45) is 22.2 Å². The van der Waals surface area contributed by atoms with Gasteiger partial charge in [-0.15, -0.1) is 0 Å². The summed E-state index contributed by atoms with van der Waals surface area (Å²) in [5.41, 5.74) is -0.503. The molecule has 0 bridgehead atoms. The first-order chi connectivity index (χ1) is 26.0. The summed E-state index contributed by atoms with van der Waals surface area (Å²) in [5, 5.41) is 3.12. The van der Waals surface area contributed by atoms with Gasteiger partial charge >= 0.3 is 35.2 Å². The third-order valence-electron chi connectivity index (χ3n) is 9.86. The fourth-order valence-electron chi connectivity index (χ4n) is 9.14. The van der Waals surface area contributed by atoms with E-state index < -0.39 is 62.5 Å². The standard InChI is InChI=1S/C41H87NO10Si6/c1-20-36(43)46-25-26-47-37(44)29-35-30-39(2,3)32-41(5,31-35)33-42-38(45)48-34-40(4,23-21-27-57(18,49-53(6,7)8)50-54(9,10)11)24-22-28-58(19,51-55(12,13)14)52-56(15,16)17/h20,35H,1,21-34H2,2-19H3,(H,42,45). The van der Waals surface area contributed by atoms with Gasteiger partial charge in [-0.25, -0.2) is 9.59 Å². The molecule has 1 fully saturated rings. The van der Waals surface area contributed by atoms with Crippen molar-refractivity contribution in [3.63, 3.8) is 0 Å². The van der Waals surface area contributed by atoms with Gasteiger partial charge < -0.3 is 36.0 Å². The van der Waals surface area contributed by atoms with Crippen LogP contribution in [0.15, 0.2) is 12.7 Å². The lowest BCUT2D eigenvalue weighted by atomic mass is 9.60. The maximum atomic E-state index is 13.5. The lowest BCUT2D eigenvalue weighted by molar-refractivity contribution is -0.151. The molecule has 11 nitrogen and oxygen atoms in total. The smallest absolute Gasteiger partial charge is 0.407 e. The minimum absolute atomic E-state index is 0.00215. The van der Waals surface area contributed by atoms with Crippen LogP contribution in [0, 0.1) is 22.2 Å². The minimum atomic E-state index is -2.43. The van der Waals surface area contributed by atoms with Gasteiger partial charge in [-0.2, -0.15) is 0 Å². The van der Waals surface area contributed by atoms with E-state index in [1.165, 1.54) is 0 Å². The number of carbonyl (C=O) groups excluding carboxylic acids is 3. The number of alkyl carbamates (subject to hydrolysis) is 1. The molecule has 1 N–H and O–H groups in total. The number of nitrogens with one attached hydrogen (secondary N) is 1. The Bertz CT molecular complexity index is 1260. The molecule has 1 saturated carbocycles. The molecule has 2 atom stereocenters. The maximum absolute atomic E-state index is 13.5. The first-order valence-corrected chi connectivity index (χ1v) is 40.3. The lowest BCUT2D eigenvalue weighted by Gasteiger charge is -2.46. The van der Waals surface area contributed by atoms with E-state index in [1.54, 1.807) is 0 Å². The van der Waals surface area contributed by atoms with E-state index >= 15 is 0 Å². The largest absolute Gasteiger partial charge is 0.462 e. The molecule has 0 aromatic rings. The Balaban J connectivity index is 3.10. The summed E-state index contributed by atoms with van der Waals surface area (Å²) in [6.07, 6.45) is 7.15. The molecule has 1 rings (SSSR count). The highest BCUT2D eigenvalue weighted by atomic mass is 28.5. The van der Waals surface area contributed by atoms with Crippen molar-refractivity contribution in [2.45, 2.75) is 183 Å². The van der Waals surface area contributed by atoms with Gasteiger partial charge in [0.15, 0.2) is 33.3 Å². The molecular weight excluding hydrogens is 835 g/mol. The van der Waals surface area contributed by atoms with E-state index in [-0.39, 0.29) is 47.8 Å². The Morgan fingerprint density at radius 2 is 1.12 bits per heavy atom. The molecule has 340 valence electrons. The summed E-state index contributed by atoms with van der Waals surface area (Å²) in [5.74, 6) is -0.752. The molecule has 58 heavy (non-hydrogen) atoms. The van der Waals surface area contributed by atoms with Gasteiger partial charge in [-0.05, 0) is 153 Å². The Morgan fingerprint density at radius 3 is 1.53 bits per heavy atom. The van der Waals surface area contributed by atoms with Crippen molar-refractivity contribution in [3.05, 3.63) is 12.7 Å². The molecular formula is C41H87NO10Si6. The van der Waals surface area contributed by atoms with Crippen LogP contribution in [0.25, 0.3) is 0 Å². The highest BCUT2D eigenvalue weighted by molar-refractivity contribution is 6.88.